The van der Waals surface area contributed by atoms with Crippen LogP contribution in [-0.2, 0) is 14.6 Å². The van der Waals surface area contributed by atoms with E-state index in [4.69, 9.17) is 14.2 Å². The molecule has 3 atom stereocenters. The molecule has 2 aliphatic carbocycles. The number of allylic oxidation sites excluding steroid dienone is 2. The minimum absolute atomic E-state index is 0.0364. The molecule has 1 saturated heterocycles. The lowest BCUT2D eigenvalue weighted by Gasteiger charge is -2.41. The Balaban J connectivity index is 1.22. The lowest BCUT2D eigenvalue weighted by atomic mass is 9.89. The first-order chi connectivity index (χ1) is 15.5. The third-order valence-corrected chi connectivity index (χ3v) is 9.75. The fourth-order valence-electron chi connectivity index (χ4n) is 5.29. The molecule has 2 aliphatic heterocycles. The van der Waals surface area contributed by atoms with Gasteiger partial charge in [0.1, 0.15) is 28.1 Å². The third kappa shape index (κ3) is 3.94. The maximum atomic E-state index is 13.1. The molecule has 0 radical (unpaired) electrons. The highest BCUT2D eigenvalue weighted by Gasteiger charge is 2.44. The van der Waals surface area contributed by atoms with Crippen LogP contribution in [0.4, 0.5) is 0 Å². The first-order valence-corrected chi connectivity index (χ1v) is 13.4. The number of likely N-dealkylation sites (tertiary alicyclic amines) is 1. The van der Waals surface area contributed by atoms with Crippen molar-refractivity contribution in [1.82, 2.24) is 4.90 Å². The summed E-state index contributed by atoms with van der Waals surface area (Å²) in [5.74, 6) is 1.64. The molecule has 0 aromatic heterocycles. The van der Waals surface area contributed by atoms with Crippen molar-refractivity contribution in [2.75, 3.05) is 20.2 Å². The molecule has 1 saturated carbocycles. The number of sulfone groups is 1. The van der Waals surface area contributed by atoms with Crippen molar-refractivity contribution >= 4 is 9.84 Å². The number of piperidine rings is 1. The van der Waals surface area contributed by atoms with Gasteiger partial charge in [-0.1, -0.05) is 18.6 Å². The van der Waals surface area contributed by atoms with Gasteiger partial charge in [0, 0.05) is 25.0 Å². The van der Waals surface area contributed by atoms with Gasteiger partial charge in [0.15, 0.2) is 21.3 Å². The monoisotopic (exact) mass is 459 g/mol. The molecule has 0 bridgehead atoms. The predicted molar refractivity (Wildman–Crippen MR) is 123 cm³/mol. The molecule has 0 spiro atoms. The molecule has 2 heterocycles. The van der Waals surface area contributed by atoms with E-state index >= 15 is 0 Å². The highest BCUT2D eigenvalue weighted by Crippen LogP contribution is 2.44. The first-order valence-electron chi connectivity index (χ1n) is 11.8. The van der Waals surface area contributed by atoms with Gasteiger partial charge in [0.25, 0.3) is 0 Å². The number of methoxy groups -OCH3 is 1. The van der Waals surface area contributed by atoms with Crippen LogP contribution in [0.15, 0.2) is 47.1 Å². The zero-order valence-corrected chi connectivity index (χ0v) is 19.7. The van der Waals surface area contributed by atoms with Crippen molar-refractivity contribution in [3.8, 4) is 11.5 Å². The van der Waals surface area contributed by atoms with Crippen LogP contribution >= 0.6 is 0 Å². The van der Waals surface area contributed by atoms with Crippen molar-refractivity contribution in [3.05, 3.63) is 42.2 Å². The van der Waals surface area contributed by atoms with E-state index in [2.05, 4.69) is 17.1 Å². The van der Waals surface area contributed by atoms with Crippen LogP contribution in [0.2, 0.25) is 0 Å². The SMILES string of the molecule is COc1cccc2c1O[C@@H](C1C=CC(OC3CCN(C4CCC4)CC3)=CC1)[C@H](C)S2(=O)=O. The second kappa shape index (κ2) is 8.75. The van der Waals surface area contributed by atoms with E-state index in [-0.39, 0.29) is 16.9 Å². The summed E-state index contributed by atoms with van der Waals surface area (Å²) in [4.78, 5) is 2.84. The van der Waals surface area contributed by atoms with Gasteiger partial charge in [-0.2, -0.15) is 0 Å². The highest BCUT2D eigenvalue weighted by molar-refractivity contribution is 7.92. The van der Waals surface area contributed by atoms with E-state index in [0.29, 0.717) is 17.9 Å². The largest absolute Gasteiger partial charge is 0.493 e. The Morgan fingerprint density at radius 3 is 2.53 bits per heavy atom. The Morgan fingerprint density at radius 1 is 1.12 bits per heavy atom. The molecule has 6 nitrogen and oxygen atoms in total. The molecular weight excluding hydrogens is 426 g/mol. The van der Waals surface area contributed by atoms with Crippen LogP contribution in [0, 0.1) is 5.92 Å². The van der Waals surface area contributed by atoms with Gasteiger partial charge in [-0.25, -0.2) is 8.42 Å². The third-order valence-electron chi connectivity index (χ3n) is 7.57. The lowest BCUT2D eigenvalue weighted by molar-refractivity contribution is 0.0219. The maximum absolute atomic E-state index is 13.1. The molecule has 0 amide bonds. The minimum Gasteiger partial charge on any atom is -0.493 e. The van der Waals surface area contributed by atoms with Crippen LogP contribution < -0.4 is 9.47 Å². The van der Waals surface area contributed by atoms with E-state index in [1.165, 1.54) is 26.4 Å². The highest BCUT2D eigenvalue weighted by atomic mass is 32.2. The molecule has 7 heteroatoms. The fourth-order valence-corrected chi connectivity index (χ4v) is 6.98. The van der Waals surface area contributed by atoms with E-state index < -0.39 is 21.2 Å². The smallest absolute Gasteiger partial charge is 0.188 e. The van der Waals surface area contributed by atoms with E-state index in [0.717, 1.165) is 37.7 Å². The van der Waals surface area contributed by atoms with Crippen LogP contribution in [0.25, 0.3) is 0 Å². The van der Waals surface area contributed by atoms with Gasteiger partial charge in [-0.3, -0.25) is 0 Å². The van der Waals surface area contributed by atoms with Gasteiger partial charge in [-0.15, -0.1) is 0 Å². The average molecular weight is 460 g/mol. The van der Waals surface area contributed by atoms with E-state index in [9.17, 15) is 8.42 Å². The summed E-state index contributed by atoms with van der Waals surface area (Å²) in [7, 11) is -1.96. The van der Waals surface area contributed by atoms with Crippen molar-refractivity contribution < 1.29 is 22.6 Å². The number of fused-ring (bicyclic) bond motifs is 1. The standard InChI is InChI=1S/C25H33NO5S/c1-17-24(31-25-22(29-2)7-4-8-23(25)32(17,27)28)18-9-11-20(12-10-18)30-21-13-15-26(16-14-21)19-5-3-6-19/h4,7-9,11-12,17-19,21,24H,3,5-6,10,13-16H2,1-2H3/t17-,18?,24+/m0/s1. The molecule has 32 heavy (non-hydrogen) atoms. The van der Waals surface area contributed by atoms with Crippen LogP contribution in [0.5, 0.6) is 11.5 Å². The molecule has 5 rings (SSSR count). The number of hydrogen-bond donors (Lipinski definition) is 0. The molecule has 1 aromatic carbocycles. The number of nitrogens with zero attached hydrogens (tertiary/aromatic N) is 1. The Bertz CT molecular complexity index is 1010. The average Bonchev–Trinajstić information content (AvgIpc) is 2.77. The van der Waals surface area contributed by atoms with Crippen molar-refractivity contribution in [1.29, 1.82) is 0 Å². The summed E-state index contributed by atoms with van der Waals surface area (Å²) in [6.45, 7) is 3.99. The number of rotatable bonds is 5. The Hall–Kier alpha value is -1.99. The van der Waals surface area contributed by atoms with Crippen LogP contribution in [-0.4, -0.2) is 57.0 Å². The van der Waals surface area contributed by atoms with Gasteiger partial charge in [0.05, 0.1) is 7.11 Å². The Kier molecular flexibility index (Phi) is 5.97. The van der Waals surface area contributed by atoms with Gasteiger partial charge < -0.3 is 19.1 Å². The molecule has 2 fully saturated rings. The van der Waals surface area contributed by atoms with Crippen molar-refractivity contribution in [3.63, 3.8) is 0 Å². The number of hydrogen-bond acceptors (Lipinski definition) is 6. The topological polar surface area (TPSA) is 65.1 Å². The second-order valence-electron chi connectivity index (χ2n) is 9.42. The fraction of sp³-hybridized carbons (Fsp3) is 0.600. The summed E-state index contributed by atoms with van der Waals surface area (Å²) in [5, 5.41) is -0.636. The Labute approximate surface area is 191 Å². The zero-order valence-electron chi connectivity index (χ0n) is 18.9. The quantitative estimate of drug-likeness (QED) is 0.660. The molecule has 1 aromatic rings. The van der Waals surface area contributed by atoms with Crippen molar-refractivity contribution in [2.45, 2.75) is 73.8 Å². The summed E-state index contributed by atoms with van der Waals surface area (Å²) in [6.07, 6.45) is 12.9. The zero-order chi connectivity index (χ0) is 22.3. The second-order valence-corrected chi connectivity index (χ2v) is 11.7. The Morgan fingerprint density at radius 2 is 1.91 bits per heavy atom. The van der Waals surface area contributed by atoms with Gasteiger partial charge >= 0.3 is 0 Å². The van der Waals surface area contributed by atoms with Crippen LogP contribution in [0.1, 0.15) is 45.4 Å². The molecule has 1 unspecified atom stereocenters. The molecule has 4 aliphatic rings. The molecule has 174 valence electrons. The number of benzene rings is 1. The normalized spacial score (nSPS) is 30.6. The van der Waals surface area contributed by atoms with E-state index in [1.807, 2.05) is 6.08 Å². The summed E-state index contributed by atoms with van der Waals surface area (Å²) < 4.78 is 44.2. The van der Waals surface area contributed by atoms with Gasteiger partial charge in [-0.05, 0) is 63.3 Å². The summed E-state index contributed by atoms with van der Waals surface area (Å²) in [5.41, 5.74) is 0. The molecule has 0 N–H and O–H groups in total. The lowest BCUT2D eigenvalue weighted by Crippen LogP contribution is -2.46. The maximum Gasteiger partial charge on any atom is 0.188 e. The van der Waals surface area contributed by atoms with Crippen molar-refractivity contribution in [2.24, 2.45) is 5.92 Å². The van der Waals surface area contributed by atoms with E-state index in [1.54, 1.807) is 25.1 Å². The molecular formula is C25H33NO5S. The van der Waals surface area contributed by atoms with Crippen LogP contribution in [0.3, 0.4) is 0 Å². The summed E-state index contributed by atoms with van der Waals surface area (Å²) in [6, 6.07) is 5.83. The first kappa shape index (κ1) is 21.8. The number of para-hydroxylation sites is 1. The number of ether oxygens (including phenoxy) is 3. The predicted octanol–water partition coefficient (Wildman–Crippen LogP) is 4.11. The minimum atomic E-state index is -3.49. The van der Waals surface area contributed by atoms with Gasteiger partial charge in [0.2, 0.25) is 0 Å². The summed E-state index contributed by atoms with van der Waals surface area (Å²) >= 11 is 0.